The summed E-state index contributed by atoms with van der Waals surface area (Å²) in [5.74, 6) is 1.19. The van der Waals surface area contributed by atoms with Crippen LogP contribution in [0.25, 0.3) is 0 Å². The number of hydrogen-bond donors (Lipinski definition) is 0. The molecule has 0 amide bonds. The Morgan fingerprint density at radius 1 is 1.07 bits per heavy atom. The third-order valence-electron chi connectivity index (χ3n) is 3.71. The van der Waals surface area contributed by atoms with Gasteiger partial charge in [-0.1, -0.05) is 0 Å². The van der Waals surface area contributed by atoms with Crippen LogP contribution in [-0.4, -0.2) is 24.8 Å². The molecule has 78 valence electrons. The van der Waals surface area contributed by atoms with Crippen molar-refractivity contribution >= 4 is 5.78 Å². The van der Waals surface area contributed by atoms with Crippen LogP contribution in [0.4, 0.5) is 0 Å². The van der Waals surface area contributed by atoms with Crippen LogP contribution in [-0.2, 0) is 14.3 Å². The summed E-state index contributed by atoms with van der Waals surface area (Å²) in [6.07, 6.45) is 4.60. The molecule has 0 radical (unpaired) electrons. The highest BCUT2D eigenvalue weighted by Gasteiger charge is 2.47. The molecule has 3 rings (SSSR count). The third kappa shape index (κ3) is 1.39. The van der Waals surface area contributed by atoms with E-state index in [1.165, 1.54) is 6.42 Å². The monoisotopic (exact) mass is 196 g/mol. The lowest BCUT2D eigenvalue weighted by Crippen LogP contribution is -2.43. The standard InChI is InChI=1S/C11H16O3/c12-10-4-8-3-9(5-10)7-11(6-8)13-1-2-14-11/h8-9H,1-7H2/t8-,9+. The summed E-state index contributed by atoms with van der Waals surface area (Å²) in [6.45, 7) is 1.46. The van der Waals surface area contributed by atoms with Gasteiger partial charge in [0, 0.05) is 25.7 Å². The van der Waals surface area contributed by atoms with Crippen LogP contribution in [0.3, 0.4) is 0 Å². The molecule has 1 aliphatic heterocycles. The van der Waals surface area contributed by atoms with Gasteiger partial charge >= 0.3 is 0 Å². The van der Waals surface area contributed by atoms with E-state index in [4.69, 9.17) is 9.47 Å². The average Bonchev–Trinajstić information content (AvgIpc) is 2.50. The second-order valence-electron chi connectivity index (χ2n) is 4.93. The topological polar surface area (TPSA) is 35.5 Å². The number of fused-ring (bicyclic) bond motifs is 2. The molecule has 2 saturated carbocycles. The molecule has 0 aromatic carbocycles. The molecule has 0 aromatic rings. The van der Waals surface area contributed by atoms with Crippen molar-refractivity contribution in [3.63, 3.8) is 0 Å². The molecule has 3 aliphatic rings. The molecule has 0 aromatic heterocycles. The van der Waals surface area contributed by atoms with Gasteiger partial charge in [-0.25, -0.2) is 0 Å². The Morgan fingerprint density at radius 3 is 2.21 bits per heavy atom. The Morgan fingerprint density at radius 2 is 1.64 bits per heavy atom. The van der Waals surface area contributed by atoms with Crippen LogP contribution >= 0.6 is 0 Å². The minimum atomic E-state index is -0.297. The zero-order valence-corrected chi connectivity index (χ0v) is 8.33. The van der Waals surface area contributed by atoms with Crippen molar-refractivity contribution < 1.29 is 14.3 Å². The second kappa shape index (κ2) is 3.04. The maximum atomic E-state index is 11.4. The molecule has 2 bridgehead atoms. The van der Waals surface area contributed by atoms with E-state index in [0.29, 0.717) is 17.6 Å². The van der Waals surface area contributed by atoms with Crippen molar-refractivity contribution in [1.29, 1.82) is 0 Å². The van der Waals surface area contributed by atoms with Gasteiger partial charge in [-0.3, -0.25) is 4.79 Å². The third-order valence-corrected chi connectivity index (χ3v) is 3.71. The second-order valence-corrected chi connectivity index (χ2v) is 4.93. The van der Waals surface area contributed by atoms with Crippen molar-refractivity contribution in [2.24, 2.45) is 11.8 Å². The molecule has 14 heavy (non-hydrogen) atoms. The van der Waals surface area contributed by atoms with Gasteiger partial charge in [0.15, 0.2) is 5.79 Å². The Balaban J connectivity index is 1.78. The Labute approximate surface area is 83.8 Å². The van der Waals surface area contributed by atoms with Gasteiger partial charge in [-0.05, 0) is 18.3 Å². The van der Waals surface area contributed by atoms with E-state index in [9.17, 15) is 4.79 Å². The molecule has 1 saturated heterocycles. The quantitative estimate of drug-likeness (QED) is 0.589. The van der Waals surface area contributed by atoms with Crippen LogP contribution < -0.4 is 0 Å². The summed E-state index contributed by atoms with van der Waals surface area (Å²) in [5, 5.41) is 0. The lowest BCUT2D eigenvalue weighted by atomic mass is 9.69. The van der Waals surface area contributed by atoms with E-state index in [0.717, 1.165) is 38.9 Å². The maximum absolute atomic E-state index is 11.4. The molecule has 3 fully saturated rings. The fourth-order valence-corrected chi connectivity index (χ4v) is 3.37. The van der Waals surface area contributed by atoms with Gasteiger partial charge in [0.1, 0.15) is 5.78 Å². The van der Waals surface area contributed by atoms with Crippen molar-refractivity contribution in [2.45, 2.75) is 37.9 Å². The van der Waals surface area contributed by atoms with E-state index in [1.807, 2.05) is 0 Å². The predicted octanol–water partition coefficient (Wildman–Crippen LogP) is 1.51. The summed E-state index contributed by atoms with van der Waals surface area (Å²) in [4.78, 5) is 11.4. The first kappa shape index (κ1) is 8.86. The largest absolute Gasteiger partial charge is 0.348 e. The first-order valence-corrected chi connectivity index (χ1v) is 5.55. The number of Topliss-reactive ketones (excluding diaryl/α,β-unsaturated/α-hetero) is 1. The molecular weight excluding hydrogens is 180 g/mol. The van der Waals surface area contributed by atoms with Crippen molar-refractivity contribution in [3.8, 4) is 0 Å². The lowest BCUT2D eigenvalue weighted by molar-refractivity contribution is -0.202. The fraction of sp³-hybridized carbons (Fsp3) is 0.909. The Hall–Kier alpha value is -0.410. The number of rotatable bonds is 0. The molecule has 1 heterocycles. The van der Waals surface area contributed by atoms with Crippen LogP contribution in [0.1, 0.15) is 32.1 Å². The normalized spacial score (nSPS) is 40.4. The van der Waals surface area contributed by atoms with Gasteiger partial charge in [0.05, 0.1) is 13.2 Å². The first-order valence-electron chi connectivity index (χ1n) is 5.55. The van der Waals surface area contributed by atoms with Crippen LogP contribution in [0.2, 0.25) is 0 Å². The van der Waals surface area contributed by atoms with Gasteiger partial charge in [-0.2, -0.15) is 0 Å². The van der Waals surface area contributed by atoms with Gasteiger partial charge in [0.25, 0.3) is 0 Å². The Bertz CT molecular complexity index is 237. The molecular formula is C11H16O3. The van der Waals surface area contributed by atoms with Crippen molar-refractivity contribution in [1.82, 2.24) is 0 Å². The zero-order chi connectivity index (χ0) is 9.60. The molecule has 2 atom stereocenters. The minimum Gasteiger partial charge on any atom is -0.348 e. The number of carbonyl (C=O) groups excluding carboxylic acids is 1. The van der Waals surface area contributed by atoms with Crippen LogP contribution in [0, 0.1) is 11.8 Å². The number of carbonyl (C=O) groups is 1. The van der Waals surface area contributed by atoms with Crippen molar-refractivity contribution in [2.75, 3.05) is 13.2 Å². The van der Waals surface area contributed by atoms with Crippen molar-refractivity contribution in [3.05, 3.63) is 0 Å². The minimum absolute atomic E-state index is 0.297. The molecule has 0 N–H and O–H groups in total. The SMILES string of the molecule is O=C1C[C@@H]2C[C@H](C1)CC1(C2)OCCO1. The number of hydrogen-bond acceptors (Lipinski definition) is 3. The summed E-state index contributed by atoms with van der Waals surface area (Å²) in [5.41, 5.74) is 0. The van der Waals surface area contributed by atoms with Gasteiger partial charge in [-0.15, -0.1) is 0 Å². The maximum Gasteiger partial charge on any atom is 0.169 e. The smallest absolute Gasteiger partial charge is 0.169 e. The highest BCUT2D eigenvalue weighted by atomic mass is 16.7. The van der Waals surface area contributed by atoms with E-state index in [1.54, 1.807) is 0 Å². The van der Waals surface area contributed by atoms with Gasteiger partial charge < -0.3 is 9.47 Å². The highest BCUT2D eigenvalue weighted by molar-refractivity contribution is 5.79. The van der Waals surface area contributed by atoms with E-state index in [-0.39, 0.29) is 5.79 Å². The summed E-state index contributed by atoms with van der Waals surface area (Å²) in [6, 6.07) is 0. The summed E-state index contributed by atoms with van der Waals surface area (Å²) < 4.78 is 11.4. The highest BCUT2D eigenvalue weighted by Crippen LogP contribution is 2.46. The van der Waals surface area contributed by atoms with Crippen LogP contribution in [0.5, 0.6) is 0 Å². The molecule has 1 spiro atoms. The fourth-order valence-electron chi connectivity index (χ4n) is 3.37. The molecule has 0 unspecified atom stereocenters. The van der Waals surface area contributed by atoms with Gasteiger partial charge in [0.2, 0.25) is 0 Å². The summed E-state index contributed by atoms with van der Waals surface area (Å²) >= 11 is 0. The molecule has 3 nitrogen and oxygen atoms in total. The number of ketones is 1. The van der Waals surface area contributed by atoms with E-state index < -0.39 is 0 Å². The summed E-state index contributed by atoms with van der Waals surface area (Å²) in [7, 11) is 0. The Kier molecular flexibility index (Phi) is 1.92. The first-order chi connectivity index (χ1) is 6.76. The van der Waals surface area contributed by atoms with Crippen LogP contribution in [0.15, 0.2) is 0 Å². The predicted molar refractivity (Wildman–Crippen MR) is 49.7 cm³/mol. The molecule has 3 heteroatoms. The molecule has 2 aliphatic carbocycles. The van der Waals surface area contributed by atoms with E-state index in [2.05, 4.69) is 0 Å². The zero-order valence-electron chi connectivity index (χ0n) is 8.33. The average molecular weight is 196 g/mol. The van der Waals surface area contributed by atoms with E-state index >= 15 is 0 Å². The number of ether oxygens (including phenoxy) is 2. The lowest BCUT2D eigenvalue weighted by Gasteiger charge is -2.43.